The summed E-state index contributed by atoms with van der Waals surface area (Å²) in [5, 5.41) is 15.7. The van der Waals surface area contributed by atoms with Gasteiger partial charge in [-0.05, 0) is 18.6 Å². The highest BCUT2D eigenvalue weighted by Gasteiger charge is 2.50. The monoisotopic (exact) mass is 284 g/mol. The van der Waals surface area contributed by atoms with Crippen LogP contribution in [-0.4, -0.2) is 33.5 Å². The third kappa shape index (κ3) is 2.38. The molecule has 0 radical (unpaired) electrons. The number of ether oxygens (including phenoxy) is 1. The average Bonchev–Trinajstić information content (AvgIpc) is 2.77. The zero-order valence-electron chi connectivity index (χ0n) is 12.3. The number of nitrogens with zero attached hydrogens (tertiary/aromatic N) is 2. The molecule has 0 aliphatic carbocycles. The van der Waals surface area contributed by atoms with E-state index in [1.807, 2.05) is 4.68 Å². The van der Waals surface area contributed by atoms with Gasteiger partial charge in [-0.1, -0.05) is 20.8 Å². The molecule has 1 saturated heterocycles. The molecule has 0 saturated carbocycles. The Morgan fingerprint density at radius 2 is 2.26 bits per heavy atom. The molecule has 1 aromatic heterocycles. The molecule has 1 atom stereocenters. The van der Waals surface area contributed by atoms with Crippen LogP contribution in [0.5, 0.6) is 5.75 Å². The lowest BCUT2D eigenvalue weighted by molar-refractivity contribution is -0.0661. The largest absolute Gasteiger partial charge is 0.493 e. The minimum Gasteiger partial charge on any atom is -0.493 e. The Balaban J connectivity index is 2.51. The van der Waals surface area contributed by atoms with E-state index in [9.17, 15) is 5.11 Å². The summed E-state index contributed by atoms with van der Waals surface area (Å²) in [7, 11) is 1.64. The highest BCUT2D eigenvalue weighted by Crippen LogP contribution is 2.50. The van der Waals surface area contributed by atoms with Gasteiger partial charge in [0.2, 0.25) is 0 Å². The molecule has 108 valence electrons. The van der Waals surface area contributed by atoms with Gasteiger partial charge in [0.25, 0.3) is 0 Å². The van der Waals surface area contributed by atoms with Crippen molar-refractivity contribution in [3.05, 3.63) is 11.9 Å². The molecule has 1 N–H and O–H groups in total. The molecule has 1 aromatic rings. The number of hydrogen-bond donors (Lipinski definition) is 1. The molecule has 2 heterocycles. The number of methoxy groups -OCH3 is 1. The second-order valence-electron chi connectivity index (χ2n) is 5.83. The van der Waals surface area contributed by atoms with Gasteiger partial charge in [-0.3, -0.25) is 4.68 Å². The molecular weight excluding hydrogens is 260 g/mol. The molecule has 0 bridgehead atoms. The lowest BCUT2D eigenvalue weighted by Gasteiger charge is -2.46. The van der Waals surface area contributed by atoms with Crippen molar-refractivity contribution < 1.29 is 9.84 Å². The van der Waals surface area contributed by atoms with Crippen LogP contribution in [0.4, 0.5) is 0 Å². The smallest absolute Gasteiger partial charge is 0.162 e. The summed E-state index contributed by atoms with van der Waals surface area (Å²) in [6.45, 7) is 7.19. The zero-order valence-corrected chi connectivity index (χ0v) is 13.1. The summed E-state index contributed by atoms with van der Waals surface area (Å²) in [6.07, 6.45) is 3.70. The van der Waals surface area contributed by atoms with E-state index in [1.165, 1.54) is 0 Å². The topological polar surface area (TPSA) is 47.3 Å². The maximum atomic E-state index is 11.3. The van der Waals surface area contributed by atoms with Crippen molar-refractivity contribution in [3.63, 3.8) is 0 Å². The summed E-state index contributed by atoms with van der Waals surface area (Å²) in [6, 6.07) is 0. The van der Waals surface area contributed by atoms with Gasteiger partial charge in [-0.15, -0.1) is 0 Å². The number of thioether (sulfide) groups is 1. The molecular formula is C14H24N2O2S. The Morgan fingerprint density at radius 3 is 2.84 bits per heavy atom. The van der Waals surface area contributed by atoms with Crippen LogP contribution in [0.25, 0.3) is 0 Å². The third-order valence-electron chi connectivity index (χ3n) is 4.15. The summed E-state index contributed by atoms with van der Waals surface area (Å²) in [4.78, 5) is 0. The van der Waals surface area contributed by atoms with Gasteiger partial charge in [0.15, 0.2) is 5.75 Å². The van der Waals surface area contributed by atoms with Crippen LogP contribution in [0.1, 0.15) is 39.3 Å². The highest BCUT2D eigenvalue weighted by atomic mass is 32.2. The van der Waals surface area contributed by atoms with Gasteiger partial charge in [-0.25, -0.2) is 0 Å². The standard InChI is InChI=1S/C14H24N2O2S/c1-5-7-16-12(11(18-4)9-15-16)14(17)10-19-8-6-13(14,2)3/h9,17H,5-8,10H2,1-4H3. The first-order valence-electron chi connectivity index (χ1n) is 6.86. The van der Waals surface area contributed by atoms with Gasteiger partial charge in [0.1, 0.15) is 11.3 Å². The minimum atomic E-state index is -0.882. The van der Waals surface area contributed by atoms with Crippen molar-refractivity contribution in [2.45, 2.75) is 45.8 Å². The zero-order chi connectivity index (χ0) is 14.1. The number of aryl methyl sites for hydroxylation is 1. The Labute approximate surface area is 119 Å². The maximum absolute atomic E-state index is 11.3. The lowest BCUT2D eigenvalue weighted by atomic mass is 9.71. The molecule has 1 unspecified atom stereocenters. The van der Waals surface area contributed by atoms with Crippen molar-refractivity contribution in [2.75, 3.05) is 18.6 Å². The predicted octanol–water partition coefficient (Wildman–Crippen LogP) is 2.65. The fourth-order valence-electron chi connectivity index (χ4n) is 2.65. The van der Waals surface area contributed by atoms with E-state index in [4.69, 9.17) is 4.74 Å². The van der Waals surface area contributed by atoms with E-state index in [-0.39, 0.29) is 5.41 Å². The first-order valence-corrected chi connectivity index (χ1v) is 8.02. The minimum absolute atomic E-state index is 0.170. The van der Waals surface area contributed by atoms with Gasteiger partial charge < -0.3 is 9.84 Å². The molecule has 19 heavy (non-hydrogen) atoms. The fraction of sp³-hybridized carbons (Fsp3) is 0.786. The van der Waals surface area contributed by atoms with Crippen molar-refractivity contribution >= 4 is 11.8 Å². The molecule has 1 fully saturated rings. The van der Waals surface area contributed by atoms with Crippen LogP contribution >= 0.6 is 11.8 Å². The molecule has 1 aliphatic rings. The highest BCUT2D eigenvalue weighted by molar-refractivity contribution is 7.99. The van der Waals surface area contributed by atoms with E-state index in [0.717, 1.165) is 30.8 Å². The van der Waals surface area contributed by atoms with Crippen molar-refractivity contribution in [2.24, 2.45) is 5.41 Å². The quantitative estimate of drug-likeness (QED) is 0.923. The Morgan fingerprint density at radius 1 is 1.53 bits per heavy atom. The van der Waals surface area contributed by atoms with Crippen LogP contribution in [0.2, 0.25) is 0 Å². The normalized spacial score (nSPS) is 26.4. The third-order valence-corrected chi connectivity index (χ3v) is 5.27. The molecule has 0 amide bonds. The number of rotatable bonds is 4. The fourth-order valence-corrected chi connectivity index (χ4v) is 4.28. The number of aliphatic hydroxyl groups is 1. The van der Waals surface area contributed by atoms with Gasteiger partial charge >= 0.3 is 0 Å². The van der Waals surface area contributed by atoms with Gasteiger partial charge in [0, 0.05) is 17.7 Å². The molecule has 5 heteroatoms. The van der Waals surface area contributed by atoms with E-state index in [0.29, 0.717) is 11.5 Å². The Kier molecular flexibility index (Phi) is 4.16. The van der Waals surface area contributed by atoms with Crippen LogP contribution in [-0.2, 0) is 12.1 Å². The SMILES string of the molecule is CCCn1ncc(OC)c1C1(O)CSCCC1(C)C. The average molecular weight is 284 g/mol. The summed E-state index contributed by atoms with van der Waals surface area (Å²) < 4.78 is 7.34. The van der Waals surface area contributed by atoms with Crippen molar-refractivity contribution in [1.82, 2.24) is 9.78 Å². The maximum Gasteiger partial charge on any atom is 0.162 e. The second-order valence-corrected chi connectivity index (χ2v) is 6.94. The van der Waals surface area contributed by atoms with Crippen LogP contribution < -0.4 is 4.74 Å². The second kappa shape index (κ2) is 5.37. The molecule has 2 rings (SSSR count). The predicted molar refractivity (Wildman–Crippen MR) is 78.7 cm³/mol. The Hall–Kier alpha value is -0.680. The lowest BCUT2D eigenvalue weighted by Crippen LogP contribution is -2.48. The summed E-state index contributed by atoms with van der Waals surface area (Å²) >= 11 is 1.80. The van der Waals surface area contributed by atoms with Gasteiger partial charge in [0.05, 0.1) is 13.3 Å². The first-order chi connectivity index (χ1) is 8.96. The Bertz CT molecular complexity index is 445. The van der Waals surface area contributed by atoms with Crippen LogP contribution in [0.15, 0.2) is 6.20 Å². The van der Waals surface area contributed by atoms with E-state index < -0.39 is 5.60 Å². The van der Waals surface area contributed by atoms with E-state index >= 15 is 0 Å². The first kappa shape index (κ1) is 14.7. The molecule has 1 aliphatic heterocycles. The van der Waals surface area contributed by atoms with Crippen molar-refractivity contribution in [1.29, 1.82) is 0 Å². The van der Waals surface area contributed by atoms with E-state index in [2.05, 4.69) is 25.9 Å². The number of hydrogen-bond acceptors (Lipinski definition) is 4. The number of aromatic nitrogens is 2. The molecule has 0 spiro atoms. The summed E-state index contributed by atoms with van der Waals surface area (Å²) in [5.41, 5.74) is -0.210. The van der Waals surface area contributed by atoms with Crippen LogP contribution in [0, 0.1) is 5.41 Å². The van der Waals surface area contributed by atoms with E-state index in [1.54, 1.807) is 25.1 Å². The van der Waals surface area contributed by atoms with Crippen LogP contribution in [0.3, 0.4) is 0 Å². The molecule has 4 nitrogen and oxygen atoms in total. The van der Waals surface area contributed by atoms with Crippen molar-refractivity contribution in [3.8, 4) is 5.75 Å². The molecule has 0 aromatic carbocycles. The van der Waals surface area contributed by atoms with Gasteiger partial charge in [-0.2, -0.15) is 16.9 Å². The summed E-state index contributed by atoms with van der Waals surface area (Å²) in [5.74, 6) is 2.50.